The number of nitrogens with zero attached hydrogens (tertiary/aromatic N) is 4. The van der Waals surface area contributed by atoms with E-state index in [0.717, 1.165) is 21.3 Å². The summed E-state index contributed by atoms with van der Waals surface area (Å²) < 4.78 is 8.93. The van der Waals surface area contributed by atoms with Crippen LogP contribution < -0.4 is 16.1 Å². The Hall–Kier alpha value is -2.99. The second-order valence-electron chi connectivity index (χ2n) is 7.72. The normalized spacial score (nSPS) is 23.1. The average molecular weight is 446 g/mol. The molecule has 1 aliphatic heterocycles. The molecule has 11 nitrogen and oxygen atoms in total. The Morgan fingerprint density at radius 3 is 2.53 bits per heavy atom. The summed E-state index contributed by atoms with van der Waals surface area (Å²) in [6.07, 6.45) is -2.51. The van der Waals surface area contributed by atoms with Crippen LogP contribution in [-0.4, -0.2) is 65.4 Å². The number of aliphatic hydroxyl groups is 3. The maximum absolute atomic E-state index is 13.2. The molecule has 2 aromatic heterocycles. The topological polar surface area (TPSA) is 141 Å². The molecule has 4 rings (SSSR count). The zero-order valence-electron chi connectivity index (χ0n) is 17.6. The van der Waals surface area contributed by atoms with Gasteiger partial charge in [-0.1, -0.05) is 43.7 Å². The number of rotatable bonds is 8. The van der Waals surface area contributed by atoms with E-state index in [-0.39, 0.29) is 24.3 Å². The van der Waals surface area contributed by atoms with Gasteiger partial charge in [0.25, 0.3) is 11.8 Å². The summed E-state index contributed by atoms with van der Waals surface area (Å²) in [7, 11) is 0. The Kier molecular flexibility index (Phi) is 6.42. The zero-order chi connectivity index (χ0) is 22.8. The average Bonchev–Trinajstić information content (AvgIpc) is 3.34. The first-order chi connectivity index (χ1) is 15.5. The van der Waals surface area contributed by atoms with Gasteiger partial charge in [0.05, 0.1) is 13.2 Å². The van der Waals surface area contributed by atoms with E-state index < -0.39 is 42.5 Å². The van der Waals surface area contributed by atoms with Gasteiger partial charge in [-0.15, -0.1) is 0 Å². The van der Waals surface area contributed by atoms with Crippen molar-refractivity contribution in [2.45, 2.75) is 57.5 Å². The van der Waals surface area contributed by atoms with E-state index in [1.54, 1.807) is 0 Å². The summed E-state index contributed by atoms with van der Waals surface area (Å²) in [5.41, 5.74) is -0.0572. The molecule has 3 N–H and O–H groups in total. The molecular weight excluding hydrogens is 420 g/mol. The lowest BCUT2D eigenvalue weighted by molar-refractivity contribution is -0.168. The smallest absolute Gasteiger partial charge is 0.333 e. The van der Waals surface area contributed by atoms with Crippen LogP contribution in [-0.2, 0) is 17.8 Å². The van der Waals surface area contributed by atoms with Crippen molar-refractivity contribution in [2.24, 2.45) is 0 Å². The predicted octanol–water partition coefficient (Wildman–Crippen LogP) is -0.924. The number of ether oxygens (including phenoxy) is 1. The molecule has 1 aromatic carbocycles. The Morgan fingerprint density at radius 2 is 1.88 bits per heavy atom. The number of hydrogen-bond acceptors (Lipinski definition) is 8. The van der Waals surface area contributed by atoms with E-state index >= 15 is 0 Å². The highest BCUT2D eigenvalue weighted by atomic mass is 16.8. The van der Waals surface area contributed by atoms with Gasteiger partial charge >= 0.3 is 5.69 Å². The second-order valence-corrected chi connectivity index (χ2v) is 7.72. The second kappa shape index (κ2) is 9.25. The molecule has 0 unspecified atom stereocenters. The molecule has 3 aromatic rings. The SMILES string of the molecule is CCCCn1c(=O)c2c(ncn2O[C@H]2O[C@H](CO)[C@@H](O)[C@H]2O)n(Cc2ccccc2)c1=O. The van der Waals surface area contributed by atoms with Crippen molar-refractivity contribution in [3.63, 3.8) is 0 Å². The predicted molar refractivity (Wildman–Crippen MR) is 113 cm³/mol. The molecule has 0 aliphatic carbocycles. The molecule has 0 spiro atoms. The maximum atomic E-state index is 13.2. The largest absolute Gasteiger partial charge is 0.394 e. The van der Waals surface area contributed by atoms with Gasteiger partial charge in [0.15, 0.2) is 11.2 Å². The number of aromatic nitrogens is 4. The van der Waals surface area contributed by atoms with E-state index in [0.29, 0.717) is 6.42 Å². The first-order valence-corrected chi connectivity index (χ1v) is 10.5. The number of aliphatic hydroxyl groups excluding tert-OH is 3. The molecule has 3 heterocycles. The molecule has 11 heteroatoms. The monoisotopic (exact) mass is 446 g/mol. The van der Waals surface area contributed by atoms with Gasteiger partial charge < -0.3 is 24.9 Å². The summed E-state index contributed by atoms with van der Waals surface area (Å²) >= 11 is 0. The van der Waals surface area contributed by atoms with Crippen LogP contribution in [0.1, 0.15) is 25.3 Å². The summed E-state index contributed by atoms with van der Waals surface area (Å²) in [6, 6.07) is 9.31. The molecule has 1 aliphatic rings. The third kappa shape index (κ3) is 3.95. The summed E-state index contributed by atoms with van der Waals surface area (Å²) in [6.45, 7) is 1.88. The van der Waals surface area contributed by atoms with Gasteiger partial charge in [-0.3, -0.25) is 13.9 Å². The van der Waals surface area contributed by atoms with Crippen LogP contribution in [0.2, 0.25) is 0 Å². The molecule has 0 radical (unpaired) electrons. The fourth-order valence-corrected chi connectivity index (χ4v) is 3.73. The lowest BCUT2D eigenvalue weighted by Crippen LogP contribution is -2.42. The quantitative estimate of drug-likeness (QED) is 0.403. The van der Waals surface area contributed by atoms with Crippen LogP contribution in [0.5, 0.6) is 0 Å². The Balaban J connectivity index is 1.80. The molecule has 4 atom stereocenters. The minimum Gasteiger partial charge on any atom is -0.394 e. The maximum Gasteiger partial charge on any atom is 0.333 e. The molecule has 1 fully saturated rings. The van der Waals surface area contributed by atoms with Gasteiger partial charge in [-0.05, 0) is 12.0 Å². The van der Waals surface area contributed by atoms with E-state index in [1.165, 1.54) is 10.9 Å². The minimum absolute atomic E-state index is 0.00868. The van der Waals surface area contributed by atoms with Crippen molar-refractivity contribution in [1.29, 1.82) is 0 Å². The van der Waals surface area contributed by atoms with Crippen molar-refractivity contribution in [3.05, 3.63) is 63.1 Å². The number of benzene rings is 1. The zero-order valence-corrected chi connectivity index (χ0v) is 17.6. The summed E-state index contributed by atoms with van der Waals surface area (Å²) in [5, 5.41) is 29.4. The fraction of sp³-hybridized carbons (Fsp3) is 0.476. The van der Waals surface area contributed by atoms with Crippen molar-refractivity contribution in [2.75, 3.05) is 6.61 Å². The molecule has 0 amide bonds. The van der Waals surface area contributed by atoms with E-state index in [4.69, 9.17) is 9.57 Å². The molecule has 0 saturated carbocycles. The van der Waals surface area contributed by atoms with Gasteiger partial charge in [0, 0.05) is 6.54 Å². The molecule has 0 bridgehead atoms. The Bertz CT molecular complexity index is 1190. The van der Waals surface area contributed by atoms with Gasteiger partial charge in [0.2, 0.25) is 0 Å². The summed E-state index contributed by atoms with van der Waals surface area (Å²) in [4.78, 5) is 36.2. The highest BCUT2D eigenvalue weighted by molar-refractivity contribution is 5.69. The van der Waals surface area contributed by atoms with Crippen molar-refractivity contribution >= 4 is 11.2 Å². The van der Waals surface area contributed by atoms with Crippen molar-refractivity contribution in [1.82, 2.24) is 18.8 Å². The van der Waals surface area contributed by atoms with Gasteiger partial charge in [-0.2, -0.15) is 4.73 Å². The van der Waals surface area contributed by atoms with Crippen LogP contribution >= 0.6 is 0 Å². The minimum atomic E-state index is -1.44. The van der Waals surface area contributed by atoms with E-state index in [9.17, 15) is 24.9 Å². The van der Waals surface area contributed by atoms with Crippen LogP contribution in [0.4, 0.5) is 0 Å². The van der Waals surface area contributed by atoms with Crippen LogP contribution in [0.25, 0.3) is 11.2 Å². The lowest BCUT2D eigenvalue weighted by atomic mass is 10.1. The highest BCUT2D eigenvalue weighted by Gasteiger charge is 2.44. The number of imidazole rings is 1. The fourth-order valence-electron chi connectivity index (χ4n) is 3.73. The molecule has 172 valence electrons. The molecule has 1 saturated heterocycles. The van der Waals surface area contributed by atoms with Crippen LogP contribution in [0.15, 0.2) is 46.2 Å². The first-order valence-electron chi connectivity index (χ1n) is 10.5. The highest BCUT2D eigenvalue weighted by Crippen LogP contribution is 2.21. The standard InChI is InChI=1S/C21H26N4O7/c1-2-3-9-23-19(29)15-18(24(21(23)30)10-13-7-5-4-6-8-13)22-12-25(15)32-20-17(28)16(27)14(11-26)31-20/h4-8,12,14,16-17,20,26-28H,2-3,9-11H2,1H3/t14-,16-,17-,20-/m1/s1. The van der Waals surface area contributed by atoms with Crippen molar-refractivity contribution < 1.29 is 24.9 Å². The lowest BCUT2D eigenvalue weighted by Gasteiger charge is -2.17. The molecular formula is C21H26N4O7. The third-order valence-electron chi connectivity index (χ3n) is 5.52. The Labute approximate surface area is 182 Å². The van der Waals surface area contributed by atoms with Crippen molar-refractivity contribution in [3.8, 4) is 0 Å². The number of hydrogen-bond donors (Lipinski definition) is 3. The van der Waals surface area contributed by atoms with Gasteiger partial charge in [-0.25, -0.2) is 9.78 Å². The van der Waals surface area contributed by atoms with E-state index in [1.807, 2.05) is 37.3 Å². The summed E-state index contributed by atoms with van der Waals surface area (Å²) in [5.74, 6) is 0. The Morgan fingerprint density at radius 1 is 1.12 bits per heavy atom. The first kappa shape index (κ1) is 22.2. The van der Waals surface area contributed by atoms with Crippen LogP contribution in [0, 0.1) is 0 Å². The number of fused-ring (bicyclic) bond motifs is 1. The third-order valence-corrected chi connectivity index (χ3v) is 5.52. The van der Waals surface area contributed by atoms with Crippen LogP contribution in [0.3, 0.4) is 0 Å². The molecule has 32 heavy (non-hydrogen) atoms. The number of unbranched alkanes of at least 4 members (excludes halogenated alkanes) is 1. The van der Waals surface area contributed by atoms with Gasteiger partial charge in [0.1, 0.15) is 24.6 Å². The van der Waals surface area contributed by atoms with E-state index in [2.05, 4.69) is 4.98 Å².